The van der Waals surface area contributed by atoms with E-state index >= 15 is 0 Å². The van der Waals surface area contributed by atoms with Gasteiger partial charge in [-0.3, -0.25) is 9.67 Å². The van der Waals surface area contributed by atoms with Gasteiger partial charge in [0.2, 0.25) is 0 Å². The average Bonchev–Trinajstić information content (AvgIpc) is 2.42. The molecule has 1 aromatic rings. The molecule has 0 aliphatic carbocycles. The third kappa shape index (κ3) is 2.79. The molecule has 0 bridgehead atoms. The van der Waals surface area contributed by atoms with Gasteiger partial charge in [-0.2, -0.15) is 0 Å². The zero-order chi connectivity index (χ0) is 9.68. The van der Waals surface area contributed by atoms with Gasteiger partial charge in [0, 0.05) is 12.3 Å². The lowest BCUT2D eigenvalue weighted by atomic mass is 10.7. The van der Waals surface area contributed by atoms with Crippen molar-refractivity contribution in [1.29, 1.82) is 0 Å². The Morgan fingerprint density at radius 1 is 1.62 bits per heavy atom. The lowest BCUT2D eigenvalue weighted by Crippen LogP contribution is -2.18. The number of nitrogens with zero attached hydrogens (tertiary/aromatic N) is 1. The quantitative estimate of drug-likeness (QED) is 0.439. The van der Waals surface area contributed by atoms with E-state index in [1.54, 1.807) is 11.8 Å². The maximum atomic E-state index is 11.1. The first kappa shape index (κ1) is 10.2. The number of nitrogens with one attached hydrogen (secondary N) is 2. The summed E-state index contributed by atoms with van der Waals surface area (Å²) in [5.74, 6) is 3.96. The van der Waals surface area contributed by atoms with Gasteiger partial charge in [-0.05, 0) is 12.2 Å². The third-order valence-corrected chi connectivity index (χ3v) is 2.58. The largest absolute Gasteiger partial charge is 0.342 e. The Kier molecular flexibility index (Phi) is 3.86. The molecular weight excluding hydrogens is 206 g/mol. The number of terminal acetylenes is 1. The fourth-order valence-electron chi connectivity index (χ4n) is 0.824. The number of H-pyrrole nitrogens is 2. The molecule has 1 heterocycles. The first-order valence-corrected chi connectivity index (χ1v) is 5.20. The van der Waals surface area contributed by atoms with Crippen LogP contribution in [-0.2, 0) is 6.54 Å². The molecule has 0 unspecified atom stereocenters. The number of aromatic nitrogens is 3. The Hall–Kier alpha value is -0.930. The number of thioether (sulfide) groups is 1. The van der Waals surface area contributed by atoms with Gasteiger partial charge in [0.15, 0.2) is 4.77 Å². The predicted octanol–water partition coefficient (Wildman–Crippen LogP) is 0.600. The summed E-state index contributed by atoms with van der Waals surface area (Å²) in [4.78, 5) is 11.1. The van der Waals surface area contributed by atoms with E-state index in [0.29, 0.717) is 17.1 Å². The summed E-state index contributed by atoms with van der Waals surface area (Å²) in [6.07, 6.45) is 5.08. The van der Waals surface area contributed by atoms with Gasteiger partial charge in [0.1, 0.15) is 0 Å². The van der Waals surface area contributed by atoms with Crippen molar-refractivity contribution in [3.8, 4) is 12.3 Å². The molecule has 0 radical (unpaired) electrons. The fourth-order valence-corrected chi connectivity index (χ4v) is 1.62. The van der Waals surface area contributed by atoms with Crippen LogP contribution in [0.2, 0.25) is 0 Å². The number of aromatic amines is 2. The Bertz CT molecular complexity index is 381. The smallest absolute Gasteiger partial charge is 0.272 e. The summed E-state index contributed by atoms with van der Waals surface area (Å²) in [6, 6.07) is 0. The maximum Gasteiger partial charge on any atom is 0.342 e. The van der Waals surface area contributed by atoms with Crippen LogP contribution in [0, 0.1) is 17.1 Å². The summed E-state index contributed by atoms with van der Waals surface area (Å²) in [5, 5.41) is 4.97. The highest BCUT2D eigenvalue weighted by atomic mass is 32.2. The lowest BCUT2D eigenvalue weighted by molar-refractivity contribution is 0.727. The second-order valence-electron chi connectivity index (χ2n) is 2.27. The Morgan fingerprint density at radius 2 is 2.38 bits per heavy atom. The monoisotopic (exact) mass is 215 g/mol. The van der Waals surface area contributed by atoms with E-state index in [4.69, 9.17) is 18.6 Å². The molecule has 70 valence electrons. The van der Waals surface area contributed by atoms with Crippen LogP contribution in [0.15, 0.2) is 4.79 Å². The number of hydrogen-bond donors (Lipinski definition) is 2. The van der Waals surface area contributed by atoms with E-state index in [0.717, 1.165) is 5.75 Å². The van der Waals surface area contributed by atoms with Gasteiger partial charge in [-0.1, -0.05) is 5.92 Å². The molecule has 2 N–H and O–H groups in total. The minimum atomic E-state index is -0.202. The zero-order valence-corrected chi connectivity index (χ0v) is 8.50. The van der Waals surface area contributed by atoms with E-state index in [2.05, 4.69) is 16.1 Å². The maximum absolute atomic E-state index is 11.1. The second-order valence-corrected chi connectivity index (χ2v) is 3.76. The van der Waals surface area contributed by atoms with Crippen LogP contribution in [0.25, 0.3) is 0 Å². The standard InChI is InChI=1S/C7H9N3OS2/c1-2-4-13-5-3-10-6(11)8-9-7(10)12/h1H,3-5H2,(H,8,11)(H,9,12). The molecule has 0 aliphatic rings. The molecular formula is C7H9N3OS2. The van der Waals surface area contributed by atoms with E-state index in [1.165, 1.54) is 4.57 Å². The SMILES string of the molecule is C#CCSCCn1c(=O)[nH][nH]c1=S. The van der Waals surface area contributed by atoms with Gasteiger partial charge in [-0.15, -0.1) is 18.2 Å². The first-order valence-electron chi connectivity index (χ1n) is 3.64. The molecule has 4 nitrogen and oxygen atoms in total. The van der Waals surface area contributed by atoms with Crippen molar-refractivity contribution in [1.82, 2.24) is 14.8 Å². The average molecular weight is 215 g/mol. The molecule has 13 heavy (non-hydrogen) atoms. The van der Waals surface area contributed by atoms with Crippen molar-refractivity contribution in [2.45, 2.75) is 6.54 Å². The zero-order valence-electron chi connectivity index (χ0n) is 6.87. The molecule has 0 aromatic carbocycles. The van der Waals surface area contributed by atoms with Crippen LogP contribution >= 0.6 is 24.0 Å². The molecule has 0 saturated heterocycles. The topological polar surface area (TPSA) is 53.6 Å². The molecule has 0 aliphatic heterocycles. The third-order valence-electron chi connectivity index (χ3n) is 1.41. The van der Waals surface area contributed by atoms with Gasteiger partial charge in [0.25, 0.3) is 0 Å². The van der Waals surface area contributed by atoms with Crippen LogP contribution in [0.1, 0.15) is 0 Å². The van der Waals surface area contributed by atoms with Crippen molar-refractivity contribution in [3.63, 3.8) is 0 Å². The normalized spacial score (nSPS) is 9.77. The van der Waals surface area contributed by atoms with Crippen LogP contribution in [0.3, 0.4) is 0 Å². The van der Waals surface area contributed by atoms with Gasteiger partial charge >= 0.3 is 5.69 Å². The molecule has 0 saturated carbocycles. The summed E-state index contributed by atoms with van der Waals surface area (Å²) in [6.45, 7) is 0.587. The van der Waals surface area contributed by atoms with Crippen molar-refractivity contribution in [2.75, 3.05) is 11.5 Å². The summed E-state index contributed by atoms with van der Waals surface area (Å²) < 4.78 is 1.89. The van der Waals surface area contributed by atoms with Gasteiger partial charge in [-0.25, -0.2) is 9.89 Å². The Labute approximate surface area is 84.7 Å². The predicted molar refractivity (Wildman–Crippen MR) is 56.4 cm³/mol. The highest BCUT2D eigenvalue weighted by Gasteiger charge is 1.98. The lowest BCUT2D eigenvalue weighted by Gasteiger charge is -1.97. The van der Waals surface area contributed by atoms with Crippen LogP contribution < -0.4 is 5.69 Å². The number of rotatable bonds is 4. The fraction of sp³-hybridized carbons (Fsp3) is 0.429. The van der Waals surface area contributed by atoms with Crippen molar-refractivity contribution in [2.24, 2.45) is 0 Å². The van der Waals surface area contributed by atoms with Gasteiger partial charge < -0.3 is 0 Å². The Morgan fingerprint density at radius 3 is 2.92 bits per heavy atom. The van der Waals surface area contributed by atoms with E-state index in [9.17, 15) is 4.79 Å². The molecule has 1 aromatic heterocycles. The van der Waals surface area contributed by atoms with Crippen LogP contribution in [-0.4, -0.2) is 26.3 Å². The first-order chi connectivity index (χ1) is 6.25. The highest BCUT2D eigenvalue weighted by molar-refractivity contribution is 7.99. The molecule has 0 atom stereocenters. The van der Waals surface area contributed by atoms with Crippen LogP contribution in [0.4, 0.5) is 0 Å². The molecule has 6 heteroatoms. The van der Waals surface area contributed by atoms with Crippen molar-refractivity contribution in [3.05, 3.63) is 15.3 Å². The molecule has 1 rings (SSSR count). The second kappa shape index (κ2) is 4.94. The summed E-state index contributed by atoms with van der Waals surface area (Å²) in [7, 11) is 0. The Balaban J connectivity index is 2.51. The van der Waals surface area contributed by atoms with E-state index in [-0.39, 0.29) is 5.69 Å². The van der Waals surface area contributed by atoms with E-state index < -0.39 is 0 Å². The van der Waals surface area contributed by atoms with Crippen LogP contribution in [0.5, 0.6) is 0 Å². The van der Waals surface area contributed by atoms with Crippen molar-refractivity contribution < 1.29 is 0 Å². The molecule has 0 amide bonds. The minimum absolute atomic E-state index is 0.202. The van der Waals surface area contributed by atoms with Crippen molar-refractivity contribution >= 4 is 24.0 Å². The molecule has 0 spiro atoms. The number of hydrogen-bond acceptors (Lipinski definition) is 3. The highest BCUT2D eigenvalue weighted by Crippen LogP contribution is 1.98. The van der Waals surface area contributed by atoms with E-state index in [1.807, 2.05) is 0 Å². The summed E-state index contributed by atoms with van der Waals surface area (Å²) in [5.41, 5.74) is -0.202. The van der Waals surface area contributed by atoms with Gasteiger partial charge in [0.05, 0.1) is 5.75 Å². The minimum Gasteiger partial charge on any atom is -0.272 e. The molecule has 0 fully saturated rings. The summed E-state index contributed by atoms with van der Waals surface area (Å²) >= 11 is 6.48.